The van der Waals surface area contributed by atoms with Crippen LogP contribution in [-0.2, 0) is 42.6 Å². The highest BCUT2D eigenvalue weighted by Gasteiger charge is 2.45. The van der Waals surface area contributed by atoms with Gasteiger partial charge in [-0.25, -0.2) is 4.98 Å². The number of fused-ring (bicyclic) bond motifs is 1. The number of carbonyl (C=O) groups excluding carboxylic acids is 5. The SMILES string of the molecule is COc1cc(N2CCC(N3CCN(C(=O)CCOCCOCCOCCOCCOCCNc4cccc5c4C(=O)N(C4CCC(=O)NC4=O)C5=O)CC3)CC2)ccc1Nc1ncc(Cl)c(Nc2ccccc2P(C)(C)=O)n1. The molecule has 4 aromatic rings. The van der Waals surface area contributed by atoms with E-state index in [4.69, 9.17) is 40.0 Å². The van der Waals surface area contributed by atoms with Gasteiger partial charge in [-0.15, -0.1) is 0 Å². The van der Waals surface area contributed by atoms with E-state index in [-0.39, 0.29) is 29.9 Å². The maximum Gasteiger partial charge on any atom is 0.264 e. The summed E-state index contributed by atoms with van der Waals surface area (Å²) in [4.78, 5) is 80.0. The first-order chi connectivity index (χ1) is 37.8. The van der Waals surface area contributed by atoms with E-state index < -0.39 is 36.8 Å². The van der Waals surface area contributed by atoms with Crippen molar-refractivity contribution < 1.29 is 57.0 Å². The van der Waals surface area contributed by atoms with Crippen LogP contribution in [0.4, 0.5) is 34.5 Å². The second-order valence-corrected chi connectivity index (χ2v) is 23.0. The lowest BCUT2D eigenvalue weighted by molar-refractivity contribution is -0.136. The van der Waals surface area contributed by atoms with Crippen LogP contribution in [0.15, 0.2) is 66.9 Å². The Morgan fingerprint density at radius 1 is 0.744 bits per heavy atom. The van der Waals surface area contributed by atoms with Crippen molar-refractivity contribution in [3.8, 4) is 5.75 Å². The summed E-state index contributed by atoms with van der Waals surface area (Å²) in [6.07, 6.45) is 4.04. The molecule has 3 aromatic carbocycles. The number of hydrogen-bond acceptors (Lipinski definition) is 19. The number of aromatic nitrogens is 2. The van der Waals surface area contributed by atoms with Gasteiger partial charge in [0.1, 0.15) is 24.0 Å². The molecule has 24 heteroatoms. The van der Waals surface area contributed by atoms with E-state index in [9.17, 15) is 28.5 Å². The molecule has 5 amide bonds. The monoisotopic (exact) mass is 1120 g/mol. The van der Waals surface area contributed by atoms with Gasteiger partial charge in [-0.2, -0.15) is 4.98 Å². The normalized spacial score (nSPS) is 17.3. The van der Waals surface area contributed by atoms with Crippen LogP contribution in [0.2, 0.25) is 5.02 Å². The Balaban J connectivity index is 0.617. The largest absolute Gasteiger partial charge is 0.494 e. The van der Waals surface area contributed by atoms with Crippen LogP contribution >= 0.6 is 18.7 Å². The van der Waals surface area contributed by atoms with Gasteiger partial charge in [0.15, 0.2) is 5.82 Å². The van der Waals surface area contributed by atoms with Gasteiger partial charge in [0.05, 0.1) is 108 Å². The first-order valence-corrected chi connectivity index (χ1v) is 29.4. The predicted molar refractivity (Wildman–Crippen MR) is 296 cm³/mol. The summed E-state index contributed by atoms with van der Waals surface area (Å²) in [5.41, 5.74) is 3.33. The van der Waals surface area contributed by atoms with Crippen molar-refractivity contribution in [2.75, 3.05) is 153 Å². The molecule has 0 saturated carbocycles. The van der Waals surface area contributed by atoms with E-state index in [2.05, 4.69) is 47.1 Å². The van der Waals surface area contributed by atoms with E-state index in [1.165, 1.54) is 6.20 Å². The van der Waals surface area contributed by atoms with Crippen molar-refractivity contribution in [2.24, 2.45) is 0 Å². The van der Waals surface area contributed by atoms with Gasteiger partial charge in [-0.1, -0.05) is 29.8 Å². The molecule has 4 N–H and O–H groups in total. The number of ether oxygens (including phenoxy) is 6. The minimum absolute atomic E-state index is 0.0564. The highest BCUT2D eigenvalue weighted by atomic mass is 35.5. The molecule has 3 fully saturated rings. The zero-order valence-corrected chi connectivity index (χ0v) is 46.1. The molecule has 78 heavy (non-hydrogen) atoms. The fourth-order valence-electron chi connectivity index (χ4n) is 9.84. The van der Waals surface area contributed by atoms with E-state index in [1.807, 2.05) is 41.3 Å². The number of anilines is 6. The van der Waals surface area contributed by atoms with Gasteiger partial charge in [0.2, 0.25) is 23.7 Å². The maximum atomic E-state index is 13.2. The molecule has 8 rings (SSSR count). The summed E-state index contributed by atoms with van der Waals surface area (Å²) in [6, 6.07) is 17.8. The fraction of sp³-hybridized carbons (Fsp3) is 0.500. The van der Waals surface area contributed by atoms with Crippen LogP contribution in [-0.4, -0.2) is 199 Å². The zero-order chi connectivity index (χ0) is 55.0. The molecule has 0 aliphatic carbocycles. The summed E-state index contributed by atoms with van der Waals surface area (Å²) >= 11 is 6.49. The molecule has 5 heterocycles. The predicted octanol–water partition coefficient (Wildman–Crippen LogP) is 4.97. The number of amides is 5. The van der Waals surface area contributed by atoms with Crippen molar-refractivity contribution >= 4 is 88.1 Å². The fourth-order valence-corrected chi connectivity index (χ4v) is 11.1. The van der Waals surface area contributed by atoms with Crippen LogP contribution in [0.3, 0.4) is 0 Å². The number of nitrogens with one attached hydrogen (secondary N) is 4. The lowest BCUT2D eigenvalue weighted by Crippen LogP contribution is -2.54. The van der Waals surface area contributed by atoms with E-state index in [0.717, 1.165) is 49.6 Å². The van der Waals surface area contributed by atoms with Gasteiger partial charge in [-0.3, -0.25) is 39.1 Å². The van der Waals surface area contributed by atoms with Crippen molar-refractivity contribution in [2.45, 2.75) is 44.2 Å². The average Bonchev–Trinajstić information content (AvgIpc) is 3.87. The smallest absolute Gasteiger partial charge is 0.264 e. The molecular weight excluding hydrogens is 1050 g/mol. The van der Waals surface area contributed by atoms with Crippen molar-refractivity contribution in [1.82, 2.24) is 30.0 Å². The number of hydrogen-bond donors (Lipinski definition) is 4. The summed E-state index contributed by atoms with van der Waals surface area (Å²) < 4.78 is 46.8. The number of para-hydroxylation sites is 1. The number of rotatable bonds is 28. The lowest BCUT2D eigenvalue weighted by Gasteiger charge is -2.43. The first-order valence-electron chi connectivity index (χ1n) is 26.4. The summed E-state index contributed by atoms with van der Waals surface area (Å²) in [5, 5.41) is 12.9. The Kier molecular flexibility index (Phi) is 20.9. The van der Waals surface area contributed by atoms with Crippen LogP contribution in [0, 0.1) is 0 Å². The Morgan fingerprint density at radius 3 is 2.06 bits per heavy atom. The minimum Gasteiger partial charge on any atom is -0.494 e. The van der Waals surface area contributed by atoms with Crippen LogP contribution < -0.4 is 36.2 Å². The molecule has 4 aliphatic rings. The van der Waals surface area contributed by atoms with E-state index in [0.29, 0.717) is 143 Å². The van der Waals surface area contributed by atoms with Crippen molar-refractivity contribution in [3.63, 3.8) is 0 Å². The molecule has 1 unspecified atom stereocenters. The Hall–Kier alpha value is -6.23. The molecule has 3 saturated heterocycles. The highest BCUT2D eigenvalue weighted by molar-refractivity contribution is 7.70. The quantitative estimate of drug-likeness (QED) is 0.0333. The van der Waals surface area contributed by atoms with Gasteiger partial charge < -0.3 is 58.7 Å². The molecule has 0 spiro atoms. The summed E-state index contributed by atoms with van der Waals surface area (Å²) in [5.74, 6) is -0.725. The molecule has 1 atom stereocenters. The third-order valence-corrected chi connectivity index (χ3v) is 15.7. The number of imide groups is 2. The Morgan fingerprint density at radius 2 is 1.40 bits per heavy atom. The number of methoxy groups -OCH3 is 1. The number of benzene rings is 3. The summed E-state index contributed by atoms with van der Waals surface area (Å²) in [6.45, 7) is 12.5. The third-order valence-electron chi connectivity index (χ3n) is 13.9. The average molecular weight is 1120 g/mol. The molecule has 1 aromatic heterocycles. The maximum absolute atomic E-state index is 13.2. The van der Waals surface area contributed by atoms with Crippen LogP contribution in [0.25, 0.3) is 0 Å². The standard InChI is InChI=1S/C54H70ClN10O12P/c1-72-45-35-38(11-12-41(45)59-54-57-36-40(55)50(61-54)58-42-8-4-5-10-46(42)78(2,3)71)62-19-15-37(16-20-62)63-21-23-64(24-22-63)48(67)17-25-73-27-29-75-31-33-77-34-32-76-30-28-74-26-18-56-43-9-6-7-39-49(43)53(70)65(52(39)69)44-13-14-47(66)60-51(44)68/h4-12,35-37,44,56H,13-34H2,1-3H3,(H,60,66,68)(H2,57,58,59,61). The lowest BCUT2D eigenvalue weighted by atomic mass is 10.0. The summed E-state index contributed by atoms with van der Waals surface area (Å²) in [7, 11) is -0.927. The van der Waals surface area contributed by atoms with Crippen LogP contribution in [0.1, 0.15) is 52.8 Å². The number of carbonyl (C=O) groups is 5. The van der Waals surface area contributed by atoms with Gasteiger partial charge in [0, 0.05) is 81.0 Å². The van der Waals surface area contributed by atoms with E-state index in [1.54, 1.807) is 38.6 Å². The second-order valence-electron chi connectivity index (χ2n) is 19.4. The number of nitrogens with zero attached hydrogens (tertiary/aromatic N) is 6. The molecule has 420 valence electrons. The number of halogens is 1. The Labute approximate surface area is 459 Å². The molecule has 22 nitrogen and oxygen atoms in total. The molecule has 4 aliphatic heterocycles. The van der Waals surface area contributed by atoms with Crippen molar-refractivity contribution in [3.05, 3.63) is 83.0 Å². The minimum atomic E-state index is -2.56. The van der Waals surface area contributed by atoms with Gasteiger partial charge in [-0.05, 0) is 69.0 Å². The molecule has 0 radical (unpaired) electrons. The molecule has 0 bridgehead atoms. The van der Waals surface area contributed by atoms with Crippen molar-refractivity contribution in [1.29, 1.82) is 0 Å². The van der Waals surface area contributed by atoms with Crippen LogP contribution in [0.5, 0.6) is 5.75 Å². The van der Waals surface area contributed by atoms with Gasteiger partial charge in [0.25, 0.3) is 11.8 Å². The zero-order valence-electron chi connectivity index (χ0n) is 44.5. The first kappa shape index (κ1) is 57.9. The second kappa shape index (κ2) is 28.1. The highest BCUT2D eigenvalue weighted by Crippen LogP contribution is 2.39. The van der Waals surface area contributed by atoms with E-state index >= 15 is 0 Å². The topological polar surface area (TPSA) is 245 Å². The Bertz CT molecular complexity index is 2790. The van der Waals surface area contributed by atoms with Gasteiger partial charge >= 0.3 is 0 Å². The number of piperidine rings is 2. The third kappa shape index (κ3) is 15.3. The number of piperazine rings is 1. The molecular formula is C54H70ClN10O12P.